The maximum Gasteiger partial charge on any atom is 0.336 e. The van der Waals surface area contributed by atoms with E-state index in [9.17, 15) is 14.4 Å². The van der Waals surface area contributed by atoms with Crippen LogP contribution >= 0.6 is 0 Å². The van der Waals surface area contributed by atoms with Crippen molar-refractivity contribution in [3.63, 3.8) is 0 Å². The largest absolute Gasteiger partial charge is 0.478 e. The smallest absolute Gasteiger partial charge is 0.336 e. The van der Waals surface area contributed by atoms with Crippen molar-refractivity contribution in [2.45, 2.75) is 13.3 Å². The van der Waals surface area contributed by atoms with Crippen LogP contribution in [0.1, 0.15) is 31.8 Å². The normalized spacial score (nSPS) is 10.1. The van der Waals surface area contributed by atoms with E-state index in [1.165, 1.54) is 12.1 Å². The first-order valence-electron chi connectivity index (χ1n) is 7.90. The molecule has 25 heavy (non-hydrogen) atoms. The molecule has 0 radical (unpaired) electrons. The molecule has 2 aromatic carbocycles. The van der Waals surface area contributed by atoms with E-state index in [0.717, 1.165) is 11.1 Å². The van der Waals surface area contributed by atoms with Crippen LogP contribution in [-0.4, -0.2) is 36.0 Å². The Kier molecular flexibility index (Phi) is 6.28. The summed E-state index contributed by atoms with van der Waals surface area (Å²) in [6.45, 7) is 2.43. The topological polar surface area (TPSA) is 95.5 Å². The highest BCUT2D eigenvalue weighted by molar-refractivity contribution is 6.04. The molecule has 0 heterocycles. The molecule has 0 spiro atoms. The number of carboxylic acid groups (broad SMARTS) is 1. The molecule has 0 aliphatic carbocycles. The molecule has 0 saturated heterocycles. The third-order valence-electron chi connectivity index (χ3n) is 3.75. The fraction of sp³-hybridized carbons (Fsp3) is 0.211. The molecule has 0 bridgehead atoms. The maximum absolute atomic E-state index is 12.1. The standard InChI is InChI=1S/C19H20N2O4/c1-13-6-2-3-7-14(13)12-17(22)20-10-11-21-18(23)15-8-4-5-9-16(15)19(24)25/h2-9H,10-12H2,1H3,(H,20,22)(H,21,23)(H,24,25). The summed E-state index contributed by atoms with van der Waals surface area (Å²) in [6, 6.07) is 13.6. The zero-order valence-corrected chi connectivity index (χ0v) is 13.9. The van der Waals surface area contributed by atoms with Crippen molar-refractivity contribution in [3.8, 4) is 0 Å². The summed E-state index contributed by atoms with van der Waals surface area (Å²) < 4.78 is 0. The van der Waals surface area contributed by atoms with E-state index in [-0.39, 0.29) is 36.5 Å². The molecule has 0 unspecified atom stereocenters. The number of carboxylic acids is 1. The summed E-state index contributed by atoms with van der Waals surface area (Å²) in [5.74, 6) is -1.77. The lowest BCUT2D eigenvalue weighted by atomic mass is 10.1. The molecule has 0 aliphatic heterocycles. The number of hydrogen-bond donors (Lipinski definition) is 3. The maximum atomic E-state index is 12.1. The van der Waals surface area contributed by atoms with E-state index in [1.54, 1.807) is 12.1 Å². The Morgan fingerprint density at radius 2 is 1.48 bits per heavy atom. The highest BCUT2D eigenvalue weighted by Crippen LogP contribution is 2.09. The second kappa shape index (κ2) is 8.63. The zero-order valence-electron chi connectivity index (χ0n) is 13.9. The Hall–Kier alpha value is -3.15. The predicted molar refractivity (Wildman–Crippen MR) is 93.6 cm³/mol. The van der Waals surface area contributed by atoms with Crippen molar-refractivity contribution in [2.24, 2.45) is 0 Å². The van der Waals surface area contributed by atoms with Gasteiger partial charge in [-0.3, -0.25) is 9.59 Å². The first kappa shape index (κ1) is 18.2. The monoisotopic (exact) mass is 340 g/mol. The molecule has 0 aliphatic rings. The molecule has 0 saturated carbocycles. The molecule has 3 N–H and O–H groups in total. The van der Waals surface area contributed by atoms with Crippen molar-refractivity contribution in [1.29, 1.82) is 0 Å². The molecule has 2 aromatic rings. The minimum Gasteiger partial charge on any atom is -0.478 e. The Balaban J connectivity index is 1.79. The number of benzene rings is 2. The van der Waals surface area contributed by atoms with Crippen molar-refractivity contribution >= 4 is 17.8 Å². The number of hydrogen-bond acceptors (Lipinski definition) is 3. The van der Waals surface area contributed by atoms with Crippen LogP contribution in [0.2, 0.25) is 0 Å². The van der Waals surface area contributed by atoms with Gasteiger partial charge in [0, 0.05) is 13.1 Å². The van der Waals surface area contributed by atoms with Gasteiger partial charge in [0.05, 0.1) is 17.5 Å². The van der Waals surface area contributed by atoms with Crippen molar-refractivity contribution in [3.05, 3.63) is 70.8 Å². The summed E-state index contributed by atoms with van der Waals surface area (Å²) in [5, 5.41) is 14.4. The van der Waals surface area contributed by atoms with Crippen LogP contribution in [0.15, 0.2) is 48.5 Å². The van der Waals surface area contributed by atoms with E-state index < -0.39 is 11.9 Å². The number of aryl methyl sites for hydroxylation is 1. The van der Waals surface area contributed by atoms with E-state index in [4.69, 9.17) is 5.11 Å². The van der Waals surface area contributed by atoms with Crippen LogP contribution in [0, 0.1) is 6.92 Å². The second-order valence-electron chi connectivity index (χ2n) is 5.56. The van der Waals surface area contributed by atoms with E-state index in [2.05, 4.69) is 10.6 Å². The van der Waals surface area contributed by atoms with Crippen LogP contribution in [0.3, 0.4) is 0 Å². The molecule has 0 atom stereocenters. The first-order chi connectivity index (χ1) is 12.0. The summed E-state index contributed by atoms with van der Waals surface area (Å²) in [6.07, 6.45) is 0.280. The number of nitrogens with one attached hydrogen (secondary N) is 2. The summed E-state index contributed by atoms with van der Waals surface area (Å²) in [7, 11) is 0. The van der Waals surface area contributed by atoms with Crippen LogP contribution in [0.25, 0.3) is 0 Å². The van der Waals surface area contributed by atoms with Crippen LogP contribution < -0.4 is 10.6 Å². The third kappa shape index (κ3) is 5.17. The SMILES string of the molecule is Cc1ccccc1CC(=O)NCCNC(=O)c1ccccc1C(=O)O. The lowest BCUT2D eigenvalue weighted by molar-refractivity contribution is -0.120. The molecule has 2 amide bonds. The van der Waals surface area contributed by atoms with Gasteiger partial charge in [0.25, 0.3) is 5.91 Å². The lowest BCUT2D eigenvalue weighted by Crippen LogP contribution is -2.35. The molecule has 0 fully saturated rings. The van der Waals surface area contributed by atoms with Gasteiger partial charge in [0.2, 0.25) is 5.91 Å². The number of carbonyl (C=O) groups is 3. The molecule has 130 valence electrons. The highest BCUT2D eigenvalue weighted by Gasteiger charge is 2.15. The van der Waals surface area contributed by atoms with Gasteiger partial charge in [0.15, 0.2) is 0 Å². The summed E-state index contributed by atoms with van der Waals surface area (Å²) in [4.78, 5) is 35.1. The van der Waals surface area contributed by atoms with Gasteiger partial charge in [-0.2, -0.15) is 0 Å². The minimum absolute atomic E-state index is 0.0522. The molecule has 6 heteroatoms. The number of carbonyl (C=O) groups excluding carboxylic acids is 2. The zero-order chi connectivity index (χ0) is 18.2. The van der Waals surface area contributed by atoms with Crippen LogP contribution in [-0.2, 0) is 11.2 Å². The third-order valence-corrected chi connectivity index (χ3v) is 3.75. The van der Waals surface area contributed by atoms with Crippen molar-refractivity contribution in [2.75, 3.05) is 13.1 Å². The fourth-order valence-electron chi connectivity index (χ4n) is 2.38. The molecular formula is C19H20N2O4. The summed E-state index contributed by atoms with van der Waals surface area (Å²) >= 11 is 0. The minimum atomic E-state index is -1.16. The average molecular weight is 340 g/mol. The Morgan fingerprint density at radius 1 is 0.880 bits per heavy atom. The van der Waals surface area contributed by atoms with E-state index >= 15 is 0 Å². The molecule has 0 aromatic heterocycles. The van der Waals surface area contributed by atoms with Gasteiger partial charge in [-0.05, 0) is 30.2 Å². The number of rotatable bonds is 7. The first-order valence-corrected chi connectivity index (χ1v) is 7.90. The van der Waals surface area contributed by atoms with Gasteiger partial charge in [-0.25, -0.2) is 4.79 Å². The lowest BCUT2D eigenvalue weighted by Gasteiger charge is -2.09. The fourth-order valence-corrected chi connectivity index (χ4v) is 2.38. The highest BCUT2D eigenvalue weighted by atomic mass is 16.4. The van der Waals surface area contributed by atoms with E-state index in [1.807, 2.05) is 31.2 Å². The molecule has 2 rings (SSSR count). The number of aromatic carboxylic acids is 1. The summed E-state index contributed by atoms with van der Waals surface area (Å²) in [5.41, 5.74) is 2.06. The molecular weight excluding hydrogens is 320 g/mol. The van der Waals surface area contributed by atoms with Crippen molar-refractivity contribution < 1.29 is 19.5 Å². The van der Waals surface area contributed by atoms with Gasteiger partial charge in [0.1, 0.15) is 0 Å². The Labute approximate surface area is 145 Å². The Bertz CT molecular complexity index is 786. The second-order valence-corrected chi connectivity index (χ2v) is 5.56. The number of amides is 2. The predicted octanol–water partition coefficient (Wildman–Crippen LogP) is 1.78. The van der Waals surface area contributed by atoms with E-state index in [0.29, 0.717) is 0 Å². The van der Waals surface area contributed by atoms with Gasteiger partial charge < -0.3 is 15.7 Å². The average Bonchev–Trinajstić information content (AvgIpc) is 2.60. The van der Waals surface area contributed by atoms with Crippen molar-refractivity contribution in [1.82, 2.24) is 10.6 Å². The Morgan fingerprint density at radius 3 is 2.16 bits per heavy atom. The van der Waals surface area contributed by atoms with Gasteiger partial charge in [-0.15, -0.1) is 0 Å². The van der Waals surface area contributed by atoms with Gasteiger partial charge >= 0.3 is 5.97 Å². The van der Waals surface area contributed by atoms with Gasteiger partial charge in [-0.1, -0.05) is 36.4 Å². The van der Waals surface area contributed by atoms with Crippen LogP contribution in [0.4, 0.5) is 0 Å². The van der Waals surface area contributed by atoms with Crippen LogP contribution in [0.5, 0.6) is 0 Å². The quantitative estimate of drug-likeness (QED) is 0.670. The molecule has 6 nitrogen and oxygen atoms in total.